The highest BCUT2D eigenvalue weighted by Gasteiger charge is 2.50. The minimum Gasteiger partial charge on any atom is -0.597 e. The zero-order valence-corrected chi connectivity index (χ0v) is 21.6. The highest BCUT2D eigenvalue weighted by Crippen LogP contribution is 2.44. The van der Waals surface area contributed by atoms with Gasteiger partial charge in [-0.15, -0.1) is 4.31 Å². The van der Waals surface area contributed by atoms with Crippen LogP contribution in [0.5, 0.6) is 5.75 Å². The number of fused-ring (bicyclic) bond motifs is 3. The molecule has 0 unspecified atom stereocenters. The molecular weight excluding hydrogens is 503 g/mol. The molecule has 4 rings (SSSR count). The number of ether oxygens (including phenoxy) is 1. The predicted octanol–water partition coefficient (Wildman–Crippen LogP) is 5.47. The fourth-order valence-electron chi connectivity index (χ4n) is 4.40. The fraction of sp³-hybridized carbons (Fsp3) is 0.478. The lowest BCUT2D eigenvalue weighted by Crippen LogP contribution is -2.46. The van der Waals surface area contributed by atoms with Crippen LogP contribution in [0.1, 0.15) is 44.5 Å². The van der Waals surface area contributed by atoms with Crippen molar-refractivity contribution in [3.63, 3.8) is 0 Å². The van der Waals surface area contributed by atoms with Crippen LogP contribution in [0.4, 0.5) is 24.5 Å². The summed E-state index contributed by atoms with van der Waals surface area (Å²) in [4.78, 5) is 6.40. The third-order valence-electron chi connectivity index (χ3n) is 5.89. The summed E-state index contributed by atoms with van der Waals surface area (Å²) in [5, 5.41) is 4.65. The topological polar surface area (TPSA) is 69.0 Å². The number of alkyl halides is 3. The van der Waals surface area contributed by atoms with Crippen LogP contribution in [-0.2, 0) is 17.8 Å². The maximum atomic E-state index is 14.2. The van der Waals surface area contributed by atoms with Crippen LogP contribution in [0.2, 0.25) is 5.15 Å². The Morgan fingerprint density at radius 2 is 1.91 bits per heavy atom. The van der Waals surface area contributed by atoms with Crippen LogP contribution >= 0.6 is 11.6 Å². The van der Waals surface area contributed by atoms with E-state index in [0.717, 1.165) is 28.5 Å². The Morgan fingerprint density at radius 3 is 2.54 bits per heavy atom. The zero-order valence-electron chi connectivity index (χ0n) is 20.1. The minimum absolute atomic E-state index is 0.0529. The van der Waals surface area contributed by atoms with E-state index < -0.39 is 28.3 Å². The van der Waals surface area contributed by atoms with Crippen molar-refractivity contribution in [1.82, 2.24) is 18.9 Å². The molecule has 0 bridgehead atoms. The van der Waals surface area contributed by atoms with Crippen molar-refractivity contribution in [2.75, 3.05) is 25.6 Å². The molecule has 0 aliphatic carbocycles. The number of rotatable bonds is 5. The number of hydrogen-bond donors (Lipinski definition) is 0. The van der Waals surface area contributed by atoms with Crippen molar-refractivity contribution in [3.8, 4) is 5.75 Å². The molecule has 190 valence electrons. The highest BCUT2D eigenvalue weighted by atomic mass is 35.5. The molecule has 3 heterocycles. The van der Waals surface area contributed by atoms with Crippen molar-refractivity contribution >= 4 is 40.0 Å². The van der Waals surface area contributed by atoms with Gasteiger partial charge < -0.3 is 14.2 Å². The Kier molecular flexibility index (Phi) is 6.91. The third kappa shape index (κ3) is 4.91. The Labute approximate surface area is 210 Å². The molecule has 3 aromatic rings. The average molecular weight is 530 g/mol. The molecule has 0 fully saturated rings. The molecule has 1 aromatic carbocycles. The number of methoxy groups -OCH3 is 1. The number of benzene rings is 1. The van der Waals surface area contributed by atoms with Crippen LogP contribution in [0.3, 0.4) is 0 Å². The number of aryl methyl sites for hydroxylation is 1. The molecule has 12 heteroatoms. The van der Waals surface area contributed by atoms with Gasteiger partial charge in [-0.1, -0.05) is 17.7 Å². The number of hydrogen-bond acceptors (Lipinski definition) is 6. The molecule has 2 aromatic heterocycles. The first-order valence-corrected chi connectivity index (χ1v) is 12.5. The fourth-order valence-corrected chi connectivity index (χ4v) is 5.87. The largest absolute Gasteiger partial charge is 0.597 e. The Balaban J connectivity index is 1.77. The van der Waals surface area contributed by atoms with E-state index in [2.05, 4.69) is 10.1 Å². The quantitative estimate of drug-likeness (QED) is 0.408. The minimum atomic E-state index is -4.64. The van der Waals surface area contributed by atoms with E-state index in [-0.39, 0.29) is 11.3 Å². The van der Waals surface area contributed by atoms with Gasteiger partial charge in [0.05, 0.1) is 30.4 Å². The molecule has 1 aliphatic heterocycles. The number of aromatic nitrogens is 3. The van der Waals surface area contributed by atoms with Crippen LogP contribution < -0.4 is 9.64 Å². The van der Waals surface area contributed by atoms with E-state index >= 15 is 0 Å². The lowest BCUT2D eigenvalue weighted by molar-refractivity contribution is -0.171. The van der Waals surface area contributed by atoms with Crippen molar-refractivity contribution in [3.05, 3.63) is 46.9 Å². The van der Waals surface area contributed by atoms with Crippen LogP contribution in [0, 0.1) is 0 Å². The second-order valence-electron chi connectivity index (χ2n) is 9.37. The van der Waals surface area contributed by atoms with Crippen molar-refractivity contribution in [1.29, 1.82) is 0 Å². The first-order chi connectivity index (χ1) is 16.3. The Hall–Kier alpha value is -2.21. The Morgan fingerprint density at radius 1 is 1.20 bits per heavy atom. The molecule has 0 amide bonds. The van der Waals surface area contributed by atoms with E-state index in [1.807, 2.05) is 4.90 Å². The normalized spacial score (nSPS) is 16.5. The zero-order chi connectivity index (χ0) is 25.7. The molecular formula is C23H27ClF3N5O2S. The van der Waals surface area contributed by atoms with Gasteiger partial charge >= 0.3 is 6.18 Å². The van der Waals surface area contributed by atoms with E-state index in [1.54, 1.807) is 43.6 Å². The second kappa shape index (κ2) is 9.34. The maximum Gasteiger partial charge on any atom is 0.412 e. The van der Waals surface area contributed by atoms with Gasteiger partial charge in [0.15, 0.2) is 16.8 Å². The third-order valence-corrected chi connectivity index (χ3v) is 7.85. The molecule has 0 spiro atoms. The van der Waals surface area contributed by atoms with E-state index in [1.165, 1.54) is 26.3 Å². The van der Waals surface area contributed by atoms with Crippen molar-refractivity contribution in [2.45, 2.75) is 50.6 Å². The molecule has 0 saturated carbocycles. The SMILES string of the molecule is COc1cc([C@H](N(C)[S@+]([O-])C(C)(C)C)C(F)(F)F)ccc1N1CCCc2c1cnc1cc(Cl)nn21. The lowest BCUT2D eigenvalue weighted by atomic mass is 10.0. The van der Waals surface area contributed by atoms with Gasteiger partial charge in [-0.25, -0.2) is 9.50 Å². The molecule has 0 N–H and O–H groups in total. The summed E-state index contributed by atoms with van der Waals surface area (Å²) in [6.07, 6.45) is -1.38. The highest BCUT2D eigenvalue weighted by molar-refractivity contribution is 7.90. The summed E-state index contributed by atoms with van der Waals surface area (Å²) in [5.41, 5.74) is 2.88. The lowest BCUT2D eigenvalue weighted by Gasteiger charge is -2.36. The van der Waals surface area contributed by atoms with Crippen LogP contribution in [-0.4, -0.2) is 55.1 Å². The molecule has 0 saturated heterocycles. The molecule has 0 radical (unpaired) electrons. The van der Waals surface area contributed by atoms with Gasteiger partial charge in [0, 0.05) is 31.0 Å². The predicted molar refractivity (Wildman–Crippen MR) is 131 cm³/mol. The summed E-state index contributed by atoms with van der Waals surface area (Å²) >= 11 is 4.18. The second-order valence-corrected chi connectivity index (χ2v) is 12.1. The molecule has 7 nitrogen and oxygen atoms in total. The molecule has 35 heavy (non-hydrogen) atoms. The van der Waals surface area contributed by atoms with Gasteiger partial charge in [-0.05, 0) is 51.3 Å². The number of halogens is 4. The number of nitrogens with zero attached hydrogens (tertiary/aromatic N) is 5. The van der Waals surface area contributed by atoms with Gasteiger partial charge in [0.1, 0.15) is 10.5 Å². The average Bonchev–Trinajstić information content (AvgIpc) is 3.17. The first kappa shape index (κ1) is 25.9. The van der Waals surface area contributed by atoms with Gasteiger partial charge in [0.2, 0.25) is 0 Å². The van der Waals surface area contributed by atoms with Crippen LogP contribution in [0.15, 0.2) is 30.5 Å². The summed E-state index contributed by atoms with van der Waals surface area (Å²) in [7, 11) is 2.65. The van der Waals surface area contributed by atoms with E-state index in [9.17, 15) is 17.7 Å². The monoisotopic (exact) mass is 529 g/mol. The Bertz CT molecular complexity index is 1230. The van der Waals surface area contributed by atoms with E-state index in [4.69, 9.17) is 16.3 Å². The van der Waals surface area contributed by atoms with Crippen molar-refractivity contribution < 1.29 is 22.5 Å². The summed E-state index contributed by atoms with van der Waals surface area (Å²) < 4.78 is 62.6. The van der Waals surface area contributed by atoms with Crippen molar-refractivity contribution in [2.24, 2.45) is 0 Å². The molecule has 2 atom stereocenters. The first-order valence-electron chi connectivity index (χ1n) is 11.0. The summed E-state index contributed by atoms with van der Waals surface area (Å²) in [6.45, 7) is 5.55. The van der Waals surface area contributed by atoms with Gasteiger partial charge in [0.25, 0.3) is 0 Å². The maximum absolute atomic E-state index is 14.2. The standard InChI is InChI=1S/C23H27ClF3N5O2S/c1-22(2,3)35(33)30(4)21(23(25,26)27)14-8-9-16(18(11-14)34-5)31-10-6-7-15-17(31)13-28-20-12-19(24)29-32(15)20/h8-9,11-13,21H,6-7,10H2,1-5H3/t21-,35+/m0/s1. The molecule has 1 aliphatic rings. The van der Waals surface area contributed by atoms with Gasteiger partial charge in [-0.3, -0.25) is 0 Å². The summed E-state index contributed by atoms with van der Waals surface area (Å²) in [6, 6.07) is 4.00. The smallest absolute Gasteiger partial charge is 0.412 e. The van der Waals surface area contributed by atoms with E-state index in [0.29, 0.717) is 23.0 Å². The summed E-state index contributed by atoms with van der Waals surface area (Å²) in [5.74, 6) is 0.276. The van der Waals surface area contributed by atoms with Crippen LogP contribution in [0.25, 0.3) is 5.65 Å². The van der Waals surface area contributed by atoms with Gasteiger partial charge in [-0.2, -0.15) is 18.3 Å². The number of anilines is 2.